The monoisotopic (exact) mass is 269 g/mol. The van der Waals surface area contributed by atoms with Crippen molar-refractivity contribution in [3.63, 3.8) is 0 Å². The summed E-state index contributed by atoms with van der Waals surface area (Å²) in [7, 11) is 4.84. The average Bonchev–Trinajstić information content (AvgIpc) is 2.42. The molecule has 0 heterocycles. The van der Waals surface area contributed by atoms with Gasteiger partial charge in [-0.2, -0.15) is 0 Å². The molecule has 2 N–H and O–H groups in total. The van der Waals surface area contributed by atoms with Crippen LogP contribution in [0.1, 0.15) is 18.9 Å². The van der Waals surface area contributed by atoms with E-state index >= 15 is 0 Å². The summed E-state index contributed by atoms with van der Waals surface area (Å²) in [4.78, 5) is 0. The average molecular weight is 269 g/mol. The van der Waals surface area contributed by atoms with E-state index in [-0.39, 0.29) is 6.10 Å². The summed E-state index contributed by atoms with van der Waals surface area (Å²) in [5, 5.41) is 12.5. The lowest BCUT2D eigenvalue weighted by Gasteiger charge is -2.15. The van der Waals surface area contributed by atoms with Crippen molar-refractivity contribution in [2.24, 2.45) is 0 Å². The molecule has 108 valence electrons. The molecule has 1 aromatic carbocycles. The number of rotatable bonds is 8. The lowest BCUT2D eigenvalue weighted by molar-refractivity contribution is 0.183. The number of methoxy groups -OCH3 is 3. The number of hydrogen-bond donors (Lipinski definition) is 2. The molecule has 0 amide bonds. The Morgan fingerprint density at radius 1 is 1.11 bits per heavy atom. The molecule has 19 heavy (non-hydrogen) atoms. The van der Waals surface area contributed by atoms with Crippen molar-refractivity contribution in [3.05, 3.63) is 17.7 Å². The fourth-order valence-corrected chi connectivity index (χ4v) is 1.78. The van der Waals surface area contributed by atoms with Gasteiger partial charge in [-0.15, -0.1) is 0 Å². The highest BCUT2D eigenvalue weighted by molar-refractivity contribution is 5.50. The predicted octanol–water partition coefficient (Wildman–Crippen LogP) is 1.57. The van der Waals surface area contributed by atoms with Gasteiger partial charge in [-0.05, 0) is 19.9 Å². The summed E-state index contributed by atoms with van der Waals surface area (Å²) < 4.78 is 15.9. The molecular formula is C14H23NO4. The minimum Gasteiger partial charge on any atom is -0.496 e. The van der Waals surface area contributed by atoms with Crippen LogP contribution in [0.2, 0.25) is 0 Å². The van der Waals surface area contributed by atoms with Crippen LogP contribution in [0.5, 0.6) is 17.2 Å². The van der Waals surface area contributed by atoms with Crippen LogP contribution in [0.25, 0.3) is 0 Å². The number of benzene rings is 1. The van der Waals surface area contributed by atoms with Gasteiger partial charge in [-0.1, -0.05) is 0 Å². The highest BCUT2D eigenvalue weighted by atomic mass is 16.5. The maximum Gasteiger partial charge on any atom is 0.130 e. The van der Waals surface area contributed by atoms with Gasteiger partial charge in [0.2, 0.25) is 0 Å². The molecule has 0 aliphatic heterocycles. The SMILES string of the molecule is COc1cc(OC)c(CNCCC(C)O)c(OC)c1. The number of ether oxygens (including phenoxy) is 3. The lowest BCUT2D eigenvalue weighted by Crippen LogP contribution is -2.19. The molecular weight excluding hydrogens is 246 g/mol. The Morgan fingerprint density at radius 3 is 2.11 bits per heavy atom. The normalized spacial score (nSPS) is 12.1. The summed E-state index contributed by atoms with van der Waals surface area (Å²) in [6.45, 7) is 3.12. The fourth-order valence-electron chi connectivity index (χ4n) is 1.78. The zero-order chi connectivity index (χ0) is 14.3. The molecule has 0 aromatic heterocycles. The highest BCUT2D eigenvalue weighted by Crippen LogP contribution is 2.33. The second-order valence-electron chi connectivity index (χ2n) is 4.32. The van der Waals surface area contributed by atoms with E-state index in [1.54, 1.807) is 28.3 Å². The summed E-state index contributed by atoms with van der Waals surface area (Å²) >= 11 is 0. The van der Waals surface area contributed by atoms with E-state index in [9.17, 15) is 5.11 Å². The van der Waals surface area contributed by atoms with Gasteiger partial charge < -0.3 is 24.6 Å². The Hall–Kier alpha value is -1.46. The molecule has 0 spiro atoms. The van der Waals surface area contributed by atoms with E-state index in [0.29, 0.717) is 18.7 Å². The third kappa shape index (κ3) is 4.61. The van der Waals surface area contributed by atoms with Crippen LogP contribution in [0.15, 0.2) is 12.1 Å². The number of nitrogens with one attached hydrogen (secondary N) is 1. The summed E-state index contributed by atoms with van der Waals surface area (Å²) in [6.07, 6.45) is 0.410. The second-order valence-corrected chi connectivity index (χ2v) is 4.32. The van der Waals surface area contributed by atoms with Crippen molar-refractivity contribution >= 4 is 0 Å². The molecule has 1 atom stereocenters. The van der Waals surface area contributed by atoms with E-state index < -0.39 is 0 Å². The van der Waals surface area contributed by atoms with E-state index in [1.165, 1.54) is 0 Å². The minimum absolute atomic E-state index is 0.299. The smallest absolute Gasteiger partial charge is 0.130 e. The van der Waals surface area contributed by atoms with Crippen LogP contribution in [-0.2, 0) is 6.54 Å². The first-order valence-corrected chi connectivity index (χ1v) is 6.30. The minimum atomic E-state index is -0.299. The van der Waals surface area contributed by atoms with Crippen molar-refractivity contribution in [3.8, 4) is 17.2 Å². The van der Waals surface area contributed by atoms with Crippen molar-refractivity contribution in [2.45, 2.75) is 26.0 Å². The molecule has 0 aliphatic rings. The lowest BCUT2D eigenvalue weighted by atomic mass is 10.1. The van der Waals surface area contributed by atoms with Gasteiger partial charge in [0.25, 0.3) is 0 Å². The van der Waals surface area contributed by atoms with E-state index in [1.807, 2.05) is 12.1 Å². The molecule has 5 nitrogen and oxygen atoms in total. The molecule has 1 aromatic rings. The molecule has 0 saturated heterocycles. The highest BCUT2D eigenvalue weighted by Gasteiger charge is 2.12. The summed E-state index contributed by atoms with van der Waals surface area (Å²) in [5.74, 6) is 2.14. The van der Waals surface area contributed by atoms with Gasteiger partial charge in [-0.25, -0.2) is 0 Å². The third-order valence-corrected chi connectivity index (χ3v) is 2.86. The van der Waals surface area contributed by atoms with Crippen LogP contribution < -0.4 is 19.5 Å². The van der Waals surface area contributed by atoms with E-state index in [4.69, 9.17) is 14.2 Å². The maximum absolute atomic E-state index is 9.21. The van der Waals surface area contributed by atoms with E-state index in [2.05, 4.69) is 5.32 Å². The van der Waals surface area contributed by atoms with Gasteiger partial charge in [0.1, 0.15) is 17.2 Å². The van der Waals surface area contributed by atoms with Crippen molar-refractivity contribution < 1.29 is 19.3 Å². The van der Waals surface area contributed by atoms with E-state index in [0.717, 1.165) is 23.6 Å². The molecule has 5 heteroatoms. The van der Waals surface area contributed by atoms with Crippen LogP contribution >= 0.6 is 0 Å². The van der Waals surface area contributed by atoms with Crippen molar-refractivity contribution in [1.82, 2.24) is 5.32 Å². The fraction of sp³-hybridized carbons (Fsp3) is 0.571. The quantitative estimate of drug-likeness (QED) is 0.702. The first kappa shape index (κ1) is 15.6. The number of aliphatic hydroxyl groups excluding tert-OH is 1. The molecule has 0 radical (unpaired) electrons. The molecule has 0 bridgehead atoms. The van der Waals surface area contributed by atoms with Gasteiger partial charge >= 0.3 is 0 Å². The zero-order valence-electron chi connectivity index (χ0n) is 12.0. The van der Waals surface area contributed by atoms with Crippen LogP contribution in [-0.4, -0.2) is 39.1 Å². The Bertz CT molecular complexity index is 368. The Labute approximate surface area is 114 Å². The van der Waals surface area contributed by atoms with Gasteiger partial charge in [0.15, 0.2) is 0 Å². The largest absolute Gasteiger partial charge is 0.496 e. The summed E-state index contributed by atoms with van der Waals surface area (Å²) in [6, 6.07) is 3.66. The van der Waals surface area contributed by atoms with Crippen LogP contribution in [0.3, 0.4) is 0 Å². The van der Waals surface area contributed by atoms with Gasteiger partial charge in [0.05, 0.1) is 33.0 Å². The molecule has 1 rings (SSSR count). The number of hydrogen-bond acceptors (Lipinski definition) is 5. The summed E-state index contributed by atoms with van der Waals surface area (Å²) in [5.41, 5.74) is 0.941. The Kier molecular flexibility index (Phi) is 6.45. The molecule has 0 aliphatic carbocycles. The van der Waals surface area contributed by atoms with Crippen LogP contribution in [0, 0.1) is 0 Å². The predicted molar refractivity (Wildman–Crippen MR) is 74.1 cm³/mol. The Balaban J connectivity index is 2.79. The molecule has 1 unspecified atom stereocenters. The van der Waals surface area contributed by atoms with Gasteiger partial charge in [-0.3, -0.25) is 0 Å². The second kappa shape index (κ2) is 7.86. The zero-order valence-corrected chi connectivity index (χ0v) is 12.0. The third-order valence-electron chi connectivity index (χ3n) is 2.86. The van der Waals surface area contributed by atoms with Crippen molar-refractivity contribution in [1.29, 1.82) is 0 Å². The standard InChI is InChI=1S/C14H23NO4/c1-10(16)5-6-15-9-12-13(18-3)7-11(17-2)8-14(12)19-4/h7-8,10,15-16H,5-6,9H2,1-4H3. The Morgan fingerprint density at radius 2 is 1.68 bits per heavy atom. The topological polar surface area (TPSA) is 60.0 Å². The first-order chi connectivity index (χ1) is 9.12. The van der Waals surface area contributed by atoms with Gasteiger partial charge in [0, 0.05) is 18.7 Å². The first-order valence-electron chi connectivity index (χ1n) is 6.30. The molecule has 0 fully saturated rings. The van der Waals surface area contributed by atoms with Crippen molar-refractivity contribution in [2.75, 3.05) is 27.9 Å². The van der Waals surface area contributed by atoms with Crippen LogP contribution in [0.4, 0.5) is 0 Å². The number of aliphatic hydroxyl groups is 1. The molecule has 0 saturated carbocycles. The maximum atomic E-state index is 9.21.